The van der Waals surface area contributed by atoms with Crippen LogP contribution in [-0.4, -0.2) is 42.6 Å². The van der Waals surface area contributed by atoms with Gasteiger partial charge in [-0.2, -0.15) is 0 Å². The lowest BCUT2D eigenvalue weighted by atomic mass is 10.1. The van der Waals surface area contributed by atoms with E-state index < -0.39 is 5.25 Å². The monoisotopic (exact) mass is 387 g/mol. The van der Waals surface area contributed by atoms with Gasteiger partial charge in [-0.3, -0.25) is 9.59 Å². The third-order valence-electron chi connectivity index (χ3n) is 4.43. The van der Waals surface area contributed by atoms with Crippen molar-refractivity contribution in [2.24, 2.45) is 0 Å². The molecule has 0 saturated heterocycles. The second kappa shape index (κ2) is 8.54. The SMILES string of the molecule is CN(C)C(CNC(=O)CC1Sc2ccccc2NC1=O)c1cccc(F)c1. The van der Waals surface area contributed by atoms with E-state index in [1.165, 1.54) is 23.9 Å². The number of benzene rings is 2. The molecule has 3 rings (SSSR count). The van der Waals surface area contributed by atoms with E-state index in [0.717, 1.165) is 16.1 Å². The molecule has 2 unspecified atom stereocenters. The molecule has 0 bridgehead atoms. The first-order valence-electron chi connectivity index (χ1n) is 8.69. The summed E-state index contributed by atoms with van der Waals surface area (Å²) in [4.78, 5) is 27.5. The van der Waals surface area contributed by atoms with Gasteiger partial charge >= 0.3 is 0 Å². The summed E-state index contributed by atoms with van der Waals surface area (Å²) in [7, 11) is 3.76. The predicted molar refractivity (Wildman–Crippen MR) is 105 cm³/mol. The first-order chi connectivity index (χ1) is 12.9. The highest BCUT2D eigenvalue weighted by atomic mass is 32.2. The molecule has 27 heavy (non-hydrogen) atoms. The van der Waals surface area contributed by atoms with Crippen LogP contribution < -0.4 is 10.6 Å². The first-order valence-corrected chi connectivity index (χ1v) is 9.57. The number of nitrogens with one attached hydrogen (secondary N) is 2. The molecular formula is C20H22FN3O2S. The van der Waals surface area contributed by atoms with E-state index in [1.807, 2.05) is 49.3 Å². The molecular weight excluding hydrogens is 365 g/mol. The Morgan fingerprint density at radius 3 is 2.78 bits per heavy atom. The number of nitrogens with zero attached hydrogens (tertiary/aromatic N) is 1. The summed E-state index contributed by atoms with van der Waals surface area (Å²) >= 11 is 1.40. The van der Waals surface area contributed by atoms with Gasteiger partial charge in [-0.25, -0.2) is 4.39 Å². The Balaban J connectivity index is 1.59. The summed E-state index contributed by atoms with van der Waals surface area (Å²) in [5.41, 5.74) is 1.57. The number of hydrogen-bond acceptors (Lipinski definition) is 4. The highest BCUT2D eigenvalue weighted by molar-refractivity contribution is 8.01. The third kappa shape index (κ3) is 4.87. The maximum Gasteiger partial charge on any atom is 0.238 e. The summed E-state index contributed by atoms with van der Waals surface area (Å²) in [6.07, 6.45) is 0.0914. The van der Waals surface area contributed by atoms with Gasteiger partial charge in [0, 0.05) is 17.9 Å². The third-order valence-corrected chi connectivity index (χ3v) is 5.70. The molecule has 1 aliphatic heterocycles. The van der Waals surface area contributed by atoms with Crippen LogP contribution in [0, 0.1) is 5.82 Å². The van der Waals surface area contributed by atoms with Gasteiger partial charge in [-0.1, -0.05) is 24.3 Å². The summed E-state index contributed by atoms with van der Waals surface area (Å²) in [6, 6.07) is 13.7. The zero-order chi connectivity index (χ0) is 19.4. The van der Waals surface area contributed by atoms with Gasteiger partial charge < -0.3 is 15.5 Å². The number of carbonyl (C=O) groups is 2. The molecule has 0 spiro atoms. The summed E-state index contributed by atoms with van der Waals surface area (Å²) in [5, 5.41) is 5.25. The van der Waals surface area contributed by atoms with Crippen molar-refractivity contribution in [3.8, 4) is 0 Å². The number of anilines is 1. The number of hydrogen-bond donors (Lipinski definition) is 2. The van der Waals surface area contributed by atoms with Crippen molar-refractivity contribution in [2.45, 2.75) is 22.6 Å². The minimum absolute atomic E-state index is 0.0914. The van der Waals surface area contributed by atoms with Gasteiger partial charge in [-0.15, -0.1) is 11.8 Å². The van der Waals surface area contributed by atoms with Gasteiger partial charge in [0.2, 0.25) is 11.8 Å². The minimum atomic E-state index is -0.466. The van der Waals surface area contributed by atoms with E-state index in [2.05, 4.69) is 10.6 Å². The van der Waals surface area contributed by atoms with Crippen molar-refractivity contribution in [2.75, 3.05) is 26.0 Å². The quantitative estimate of drug-likeness (QED) is 0.800. The van der Waals surface area contributed by atoms with Gasteiger partial charge in [-0.05, 0) is 43.9 Å². The Morgan fingerprint density at radius 1 is 1.26 bits per heavy atom. The van der Waals surface area contributed by atoms with Crippen molar-refractivity contribution in [1.82, 2.24) is 10.2 Å². The maximum absolute atomic E-state index is 13.5. The number of halogens is 1. The average Bonchev–Trinajstić information content (AvgIpc) is 2.62. The van der Waals surface area contributed by atoms with E-state index in [1.54, 1.807) is 6.07 Å². The highest BCUT2D eigenvalue weighted by Crippen LogP contribution is 2.36. The maximum atomic E-state index is 13.5. The lowest BCUT2D eigenvalue weighted by molar-refractivity contribution is -0.124. The standard InChI is InChI=1S/C20H22FN3O2S/c1-24(2)16(13-6-5-7-14(21)10-13)12-22-19(25)11-18-20(26)23-15-8-3-4-9-17(15)27-18/h3-10,16,18H,11-12H2,1-2H3,(H,22,25)(H,23,26). The van der Waals surface area contributed by atoms with Crippen LogP contribution >= 0.6 is 11.8 Å². The fourth-order valence-electron chi connectivity index (χ4n) is 2.99. The number of fused-ring (bicyclic) bond motifs is 1. The molecule has 142 valence electrons. The van der Waals surface area contributed by atoms with Crippen molar-refractivity contribution in [3.63, 3.8) is 0 Å². The average molecular weight is 387 g/mol. The molecule has 1 heterocycles. The number of likely N-dealkylation sites (N-methyl/N-ethyl adjacent to an activating group) is 1. The van der Waals surface area contributed by atoms with Crippen LogP contribution in [0.1, 0.15) is 18.0 Å². The Labute approximate surface area is 162 Å². The lowest BCUT2D eigenvalue weighted by Gasteiger charge is -2.26. The molecule has 5 nitrogen and oxygen atoms in total. The molecule has 1 aliphatic rings. The molecule has 2 amide bonds. The van der Waals surface area contributed by atoms with Crippen molar-refractivity contribution < 1.29 is 14.0 Å². The van der Waals surface area contributed by atoms with Crippen molar-refractivity contribution >= 4 is 29.3 Å². The zero-order valence-electron chi connectivity index (χ0n) is 15.2. The summed E-state index contributed by atoms with van der Waals surface area (Å²) in [6.45, 7) is 0.338. The Morgan fingerprint density at radius 2 is 2.04 bits per heavy atom. The summed E-state index contributed by atoms with van der Waals surface area (Å²) in [5.74, 6) is -0.673. The van der Waals surface area contributed by atoms with Crippen LogP contribution in [0.3, 0.4) is 0 Å². The molecule has 0 saturated carbocycles. The second-order valence-corrected chi connectivity index (χ2v) is 7.88. The van der Waals surface area contributed by atoms with Crippen LogP contribution in [-0.2, 0) is 9.59 Å². The molecule has 2 aromatic rings. The minimum Gasteiger partial charge on any atom is -0.354 e. The first kappa shape index (κ1) is 19.4. The fourth-order valence-corrected chi connectivity index (χ4v) is 4.10. The Bertz CT molecular complexity index is 843. The highest BCUT2D eigenvalue weighted by Gasteiger charge is 2.29. The second-order valence-electron chi connectivity index (χ2n) is 6.63. The van der Waals surface area contributed by atoms with Crippen LogP contribution in [0.4, 0.5) is 10.1 Å². The van der Waals surface area contributed by atoms with E-state index >= 15 is 0 Å². The molecule has 7 heteroatoms. The van der Waals surface area contributed by atoms with E-state index in [4.69, 9.17) is 0 Å². The zero-order valence-corrected chi connectivity index (χ0v) is 16.1. The molecule has 2 aromatic carbocycles. The van der Waals surface area contributed by atoms with Crippen LogP contribution in [0.2, 0.25) is 0 Å². The van der Waals surface area contributed by atoms with E-state index in [9.17, 15) is 14.0 Å². The Hall–Kier alpha value is -2.38. The number of carbonyl (C=O) groups excluding carboxylic acids is 2. The van der Waals surface area contributed by atoms with Gasteiger partial charge in [0.15, 0.2) is 0 Å². The lowest BCUT2D eigenvalue weighted by Crippen LogP contribution is -2.38. The molecule has 2 atom stereocenters. The topological polar surface area (TPSA) is 61.4 Å². The number of para-hydroxylation sites is 1. The molecule has 0 fully saturated rings. The van der Waals surface area contributed by atoms with E-state index in [-0.39, 0.29) is 30.1 Å². The molecule has 2 N–H and O–H groups in total. The number of rotatable bonds is 6. The summed E-state index contributed by atoms with van der Waals surface area (Å²) < 4.78 is 13.5. The number of amides is 2. The van der Waals surface area contributed by atoms with Crippen LogP contribution in [0.15, 0.2) is 53.4 Å². The molecule has 0 radical (unpaired) electrons. The van der Waals surface area contributed by atoms with Gasteiger partial charge in [0.05, 0.1) is 17.0 Å². The predicted octanol–water partition coefficient (Wildman–Crippen LogP) is 3.05. The van der Waals surface area contributed by atoms with Gasteiger partial charge in [0.1, 0.15) is 5.82 Å². The molecule has 0 aliphatic carbocycles. The number of thioether (sulfide) groups is 1. The van der Waals surface area contributed by atoms with Crippen LogP contribution in [0.25, 0.3) is 0 Å². The van der Waals surface area contributed by atoms with Gasteiger partial charge in [0.25, 0.3) is 0 Å². The smallest absolute Gasteiger partial charge is 0.238 e. The van der Waals surface area contributed by atoms with E-state index in [0.29, 0.717) is 6.54 Å². The fraction of sp³-hybridized carbons (Fsp3) is 0.300. The largest absolute Gasteiger partial charge is 0.354 e. The van der Waals surface area contributed by atoms with Crippen molar-refractivity contribution in [3.05, 3.63) is 59.9 Å². The van der Waals surface area contributed by atoms with Crippen LogP contribution in [0.5, 0.6) is 0 Å². The molecule has 0 aromatic heterocycles. The Kier molecular flexibility index (Phi) is 6.13. The van der Waals surface area contributed by atoms with Crippen molar-refractivity contribution in [1.29, 1.82) is 0 Å². The normalized spacial score (nSPS) is 17.2.